The van der Waals surface area contributed by atoms with Crippen molar-refractivity contribution >= 4 is 27.7 Å². The van der Waals surface area contributed by atoms with Crippen LogP contribution in [0.25, 0.3) is 0 Å². The van der Waals surface area contributed by atoms with E-state index in [2.05, 4.69) is 34.6 Å². The minimum absolute atomic E-state index is 0.833. The van der Waals surface area contributed by atoms with Gasteiger partial charge in [0.1, 0.15) is 0 Å². The molecule has 0 spiro atoms. The van der Waals surface area contributed by atoms with Crippen LogP contribution in [0.15, 0.2) is 0 Å². The molecular weight excluding hydrogens is 220 g/mol. The first-order chi connectivity index (χ1) is 5.34. The first-order valence-electron chi connectivity index (χ1n) is 4.56. The Morgan fingerprint density at radius 1 is 1.55 bits per heavy atom. The molecule has 0 radical (unpaired) electrons. The number of hydrogen-bond donors (Lipinski definition) is 0. The third kappa shape index (κ3) is 4.41. The van der Waals surface area contributed by atoms with Crippen LogP contribution < -0.4 is 0 Å². The van der Waals surface area contributed by atoms with Gasteiger partial charge >= 0.3 is 0 Å². The topological polar surface area (TPSA) is 0 Å². The smallest absolute Gasteiger partial charge is 0.0174 e. The fraction of sp³-hybridized carbons (Fsp3) is 1.00. The van der Waals surface area contributed by atoms with Gasteiger partial charge in [0.25, 0.3) is 0 Å². The van der Waals surface area contributed by atoms with Gasteiger partial charge in [-0.15, -0.1) is 0 Å². The summed E-state index contributed by atoms with van der Waals surface area (Å²) in [7, 11) is 0. The van der Waals surface area contributed by atoms with E-state index in [1.165, 1.54) is 37.2 Å². The van der Waals surface area contributed by atoms with Crippen molar-refractivity contribution in [1.82, 2.24) is 0 Å². The summed E-state index contributed by atoms with van der Waals surface area (Å²) in [4.78, 5) is 0.833. The molecule has 0 aromatic heterocycles. The van der Waals surface area contributed by atoms with Crippen molar-refractivity contribution < 1.29 is 0 Å². The van der Waals surface area contributed by atoms with Crippen LogP contribution in [0.2, 0.25) is 0 Å². The van der Waals surface area contributed by atoms with Crippen molar-refractivity contribution in [3.63, 3.8) is 0 Å². The van der Waals surface area contributed by atoms with E-state index in [1.807, 2.05) is 0 Å². The molecule has 1 aliphatic rings. The van der Waals surface area contributed by atoms with E-state index in [4.69, 9.17) is 0 Å². The molecule has 0 bridgehead atoms. The van der Waals surface area contributed by atoms with E-state index in [-0.39, 0.29) is 0 Å². The van der Waals surface area contributed by atoms with Crippen molar-refractivity contribution in [2.75, 3.05) is 11.5 Å². The molecule has 1 atom stereocenters. The molecule has 0 aliphatic heterocycles. The second-order valence-corrected chi connectivity index (χ2v) is 5.76. The standard InChI is InChI=1S/C9H17BrS/c1-2-11-7-3-4-9(10)8-5-6-8/h8-9H,2-7H2,1H3. The first kappa shape index (κ1) is 9.91. The largest absolute Gasteiger partial charge is 0.162 e. The van der Waals surface area contributed by atoms with Gasteiger partial charge in [-0.05, 0) is 43.1 Å². The molecule has 1 rings (SSSR count). The second-order valence-electron chi connectivity index (χ2n) is 3.19. The van der Waals surface area contributed by atoms with E-state index in [9.17, 15) is 0 Å². The zero-order chi connectivity index (χ0) is 8.10. The summed E-state index contributed by atoms with van der Waals surface area (Å²) in [6, 6.07) is 0. The van der Waals surface area contributed by atoms with Crippen LogP contribution in [0.5, 0.6) is 0 Å². The molecule has 66 valence electrons. The summed E-state index contributed by atoms with van der Waals surface area (Å²) in [5.41, 5.74) is 0. The van der Waals surface area contributed by atoms with E-state index < -0.39 is 0 Å². The van der Waals surface area contributed by atoms with Crippen LogP contribution in [0.3, 0.4) is 0 Å². The molecule has 0 aromatic carbocycles. The summed E-state index contributed by atoms with van der Waals surface area (Å²) in [6.07, 6.45) is 5.72. The lowest BCUT2D eigenvalue weighted by Gasteiger charge is -2.06. The van der Waals surface area contributed by atoms with Crippen LogP contribution in [0, 0.1) is 5.92 Å². The number of alkyl halides is 1. The van der Waals surface area contributed by atoms with Crippen LogP contribution in [-0.4, -0.2) is 16.3 Å². The molecular formula is C9H17BrS. The maximum atomic E-state index is 3.75. The molecule has 1 aliphatic carbocycles. The molecule has 0 nitrogen and oxygen atoms in total. The summed E-state index contributed by atoms with van der Waals surface area (Å²) in [6.45, 7) is 2.23. The van der Waals surface area contributed by atoms with E-state index in [1.54, 1.807) is 0 Å². The molecule has 1 unspecified atom stereocenters. The van der Waals surface area contributed by atoms with Gasteiger partial charge in [-0.1, -0.05) is 22.9 Å². The molecule has 2 heteroatoms. The van der Waals surface area contributed by atoms with Crippen molar-refractivity contribution in [3.05, 3.63) is 0 Å². The second kappa shape index (κ2) is 5.47. The number of hydrogen-bond acceptors (Lipinski definition) is 1. The van der Waals surface area contributed by atoms with E-state index in [0.717, 1.165) is 10.7 Å². The quantitative estimate of drug-likeness (QED) is 0.501. The zero-order valence-corrected chi connectivity index (χ0v) is 9.59. The van der Waals surface area contributed by atoms with E-state index in [0.29, 0.717) is 0 Å². The van der Waals surface area contributed by atoms with Crippen molar-refractivity contribution in [2.24, 2.45) is 5.92 Å². The Morgan fingerprint density at radius 3 is 2.82 bits per heavy atom. The van der Waals surface area contributed by atoms with E-state index >= 15 is 0 Å². The molecule has 0 N–H and O–H groups in total. The third-order valence-corrected chi connectivity index (χ3v) is 4.30. The minimum Gasteiger partial charge on any atom is -0.162 e. The first-order valence-corrected chi connectivity index (χ1v) is 6.63. The van der Waals surface area contributed by atoms with Crippen molar-refractivity contribution in [3.8, 4) is 0 Å². The molecule has 1 saturated carbocycles. The van der Waals surface area contributed by atoms with Crippen LogP contribution >= 0.6 is 27.7 Å². The van der Waals surface area contributed by atoms with Gasteiger partial charge in [-0.3, -0.25) is 0 Å². The predicted octanol–water partition coefficient (Wildman–Crippen LogP) is 3.69. The van der Waals surface area contributed by atoms with Crippen LogP contribution in [0.1, 0.15) is 32.6 Å². The summed E-state index contributed by atoms with van der Waals surface area (Å²) < 4.78 is 0. The maximum Gasteiger partial charge on any atom is 0.0174 e. The van der Waals surface area contributed by atoms with Gasteiger partial charge < -0.3 is 0 Å². The highest BCUT2D eigenvalue weighted by atomic mass is 79.9. The average Bonchev–Trinajstić information content (AvgIpc) is 2.79. The lowest BCUT2D eigenvalue weighted by atomic mass is 10.2. The van der Waals surface area contributed by atoms with Gasteiger partial charge in [-0.25, -0.2) is 0 Å². The lowest BCUT2D eigenvalue weighted by molar-refractivity contribution is 0.687. The molecule has 0 heterocycles. The highest BCUT2D eigenvalue weighted by molar-refractivity contribution is 9.09. The number of rotatable bonds is 6. The van der Waals surface area contributed by atoms with Gasteiger partial charge in [-0.2, -0.15) is 11.8 Å². The number of thioether (sulfide) groups is 1. The Labute approximate surface area is 82.6 Å². The zero-order valence-electron chi connectivity index (χ0n) is 7.18. The normalized spacial score (nSPS) is 20.2. The van der Waals surface area contributed by atoms with Gasteiger partial charge in [0.05, 0.1) is 0 Å². The maximum absolute atomic E-state index is 3.75. The monoisotopic (exact) mass is 236 g/mol. The molecule has 0 amide bonds. The Bertz CT molecular complexity index is 102. The fourth-order valence-electron chi connectivity index (χ4n) is 1.22. The lowest BCUT2D eigenvalue weighted by Crippen LogP contribution is -2.00. The van der Waals surface area contributed by atoms with Crippen molar-refractivity contribution in [1.29, 1.82) is 0 Å². The number of halogens is 1. The van der Waals surface area contributed by atoms with Gasteiger partial charge in [0, 0.05) is 4.83 Å². The molecule has 11 heavy (non-hydrogen) atoms. The highest BCUT2D eigenvalue weighted by Gasteiger charge is 2.28. The summed E-state index contributed by atoms with van der Waals surface area (Å²) in [5.74, 6) is 3.66. The third-order valence-electron chi connectivity index (χ3n) is 2.11. The molecule has 1 fully saturated rings. The average molecular weight is 237 g/mol. The Balaban J connectivity index is 1.85. The van der Waals surface area contributed by atoms with Gasteiger partial charge in [0.15, 0.2) is 0 Å². The van der Waals surface area contributed by atoms with Crippen LogP contribution in [-0.2, 0) is 0 Å². The SMILES string of the molecule is CCSCCCC(Br)C1CC1. The Kier molecular flexibility index (Phi) is 4.93. The van der Waals surface area contributed by atoms with Crippen LogP contribution in [0.4, 0.5) is 0 Å². The Hall–Kier alpha value is 0.830. The molecule has 0 saturated heterocycles. The Morgan fingerprint density at radius 2 is 2.27 bits per heavy atom. The van der Waals surface area contributed by atoms with Crippen molar-refractivity contribution in [2.45, 2.75) is 37.4 Å². The van der Waals surface area contributed by atoms with Gasteiger partial charge in [0.2, 0.25) is 0 Å². The fourth-order valence-corrected chi connectivity index (χ4v) is 2.73. The minimum atomic E-state index is 0.833. The summed E-state index contributed by atoms with van der Waals surface area (Å²) >= 11 is 5.81. The molecule has 0 aromatic rings. The summed E-state index contributed by atoms with van der Waals surface area (Å²) in [5, 5.41) is 0. The predicted molar refractivity (Wildman–Crippen MR) is 57.7 cm³/mol. The highest BCUT2D eigenvalue weighted by Crippen LogP contribution is 2.38.